The van der Waals surface area contributed by atoms with Gasteiger partial charge in [-0.25, -0.2) is 4.98 Å². The standard InChI is InChI=1S/C20H15F3N2O3S/c21-20(22,23)14-9-5-4-8-13(14)15(10-17(26)27)24-18(28)16-11-29-19(25-16)12-6-2-1-3-7-12/h1-9,11,15H,10H2,(H,24,28)(H,26,27)/t15-/m0/s1. The fourth-order valence-corrected chi connectivity index (χ4v) is 3.60. The Morgan fingerprint density at radius 1 is 1.07 bits per heavy atom. The molecule has 0 aliphatic rings. The number of carbonyl (C=O) groups excluding carboxylic acids is 1. The van der Waals surface area contributed by atoms with Gasteiger partial charge in [0.05, 0.1) is 18.0 Å². The molecule has 29 heavy (non-hydrogen) atoms. The Bertz CT molecular complexity index is 1020. The number of nitrogens with one attached hydrogen (secondary N) is 1. The molecule has 150 valence electrons. The quantitative estimate of drug-likeness (QED) is 0.602. The van der Waals surface area contributed by atoms with Crippen molar-refractivity contribution in [2.45, 2.75) is 18.6 Å². The van der Waals surface area contributed by atoms with Gasteiger partial charge in [0.2, 0.25) is 0 Å². The summed E-state index contributed by atoms with van der Waals surface area (Å²) in [4.78, 5) is 28.0. The molecule has 1 atom stereocenters. The maximum Gasteiger partial charge on any atom is 0.416 e. The van der Waals surface area contributed by atoms with E-state index in [2.05, 4.69) is 10.3 Å². The van der Waals surface area contributed by atoms with E-state index in [4.69, 9.17) is 5.11 Å². The van der Waals surface area contributed by atoms with Crippen LogP contribution in [0.5, 0.6) is 0 Å². The van der Waals surface area contributed by atoms with Gasteiger partial charge >= 0.3 is 12.1 Å². The number of thiazole rings is 1. The van der Waals surface area contributed by atoms with Gasteiger partial charge in [-0.05, 0) is 11.6 Å². The van der Waals surface area contributed by atoms with Crippen LogP contribution < -0.4 is 5.32 Å². The number of benzene rings is 2. The Morgan fingerprint density at radius 3 is 2.38 bits per heavy atom. The summed E-state index contributed by atoms with van der Waals surface area (Å²) in [5.74, 6) is -2.08. The lowest BCUT2D eigenvalue weighted by molar-refractivity contribution is -0.140. The van der Waals surface area contributed by atoms with Crippen LogP contribution in [0.15, 0.2) is 60.0 Å². The predicted octanol–water partition coefficient (Wildman–Crippen LogP) is 4.77. The van der Waals surface area contributed by atoms with Crippen LogP contribution in [0.2, 0.25) is 0 Å². The largest absolute Gasteiger partial charge is 0.481 e. The Balaban J connectivity index is 1.88. The van der Waals surface area contributed by atoms with Crippen molar-refractivity contribution in [3.05, 3.63) is 76.8 Å². The molecule has 0 unspecified atom stereocenters. The highest BCUT2D eigenvalue weighted by Crippen LogP contribution is 2.35. The number of aliphatic carboxylic acids is 1. The molecular formula is C20H15F3N2O3S. The van der Waals surface area contributed by atoms with E-state index in [1.807, 2.05) is 30.3 Å². The van der Waals surface area contributed by atoms with Crippen molar-refractivity contribution in [2.75, 3.05) is 0 Å². The molecule has 1 amide bonds. The lowest BCUT2D eigenvalue weighted by Gasteiger charge is -2.21. The van der Waals surface area contributed by atoms with Gasteiger partial charge in [0.25, 0.3) is 5.91 Å². The Morgan fingerprint density at radius 2 is 1.72 bits per heavy atom. The number of nitrogens with zero attached hydrogens (tertiary/aromatic N) is 1. The molecule has 3 rings (SSSR count). The summed E-state index contributed by atoms with van der Waals surface area (Å²) >= 11 is 1.21. The minimum absolute atomic E-state index is 0.00808. The maximum absolute atomic E-state index is 13.3. The zero-order valence-electron chi connectivity index (χ0n) is 14.8. The van der Waals surface area contributed by atoms with E-state index in [0.29, 0.717) is 5.01 Å². The van der Waals surface area contributed by atoms with E-state index in [1.54, 1.807) is 0 Å². The van der Waals surface area contributed by atoms with Crippen molar-refractivity contribution in [1.82, 2.24) is 10.3 Å². The third-order valence-corrected chi connectivity index (χ3v) is 4.97. The van der Waals surface area contributed by atoms with Crippen LogP contribution in [-0.2, 0) is 11.0 Å². The number of carboxylic acids is 1. The number of carbonyl (C=O) groups is 2. The molecule has 2 N–H and O–H groups in total. The first kappa shape index (κ1) is 20.5. The van der Waals surface area contributed by atoms with Gasteiger partial charge < -0.3 is 10.4 Å². The van der Waals surface area contributed by atoms with Gasteiger partial charge in [-0.15, -0.1) is 11.3 Å². The van der Waals surface area contributed by atoms with Crippen LogP contribution in [0.1, 0.15) is 34.1 Å². The normalized spacial score (nSPS) is 12.4. The van der Waals surface area contributed by atoms with Crippen molar-refractivity contribution >= 4 is 23.2 Å². The smallest absolute Gasteiger partial charge is 0.416 e. The summed E-state index contributed by atoms with van der Waals surface area (Å²) in [5, 5.41) is 13.6. The van der Waals surface area contributed by atoms with Gasteiger partial charge in [-0.1, -0.05) is 48.5 Å². The van der Waals surface area contributed by atoms with Gasteiger partial charge in [0, 0.05) is 10.9 Å². The van der Waals surface area contributed by atoms with Crippen molar-refractivity contribution in [3.63, 3.8) is 0 Å². The van der Waals surface area contributed by atoms with Gasteiger partial charge in [0.15, 0.2) is 0 Å². The van der Waals surface area contributed by atoms with Crippen LogP contribution in [0.3, 0.4) is 0 Å². The van der Waals surface area contributed by atoms with Crippen LogP contribution in [0.4, 0.5) is 13.2 Å². The monoisotopic (exact) mass is 420 g/mol. The van der Waals surface area contributed by atoms with Crippen molar-refractivity contribution in [3.8, 4) is 10.6 Å². The van der Waals surface area contributed by atoms with Crippen molar-refractivity contribution < 1.29 is 27.9 Å². The molecule has 0 bridgehead atoms. The first-order valence-corrected chi connectivity index (χ1v) is 9.33. The molecule has 2 aromatic carbocycles. The third kappa shape index (κ3) is 5.00. The minimum Gasteiger partial charge on any atom is -0.481 e. The van der Waals surface area contributed by atoms with E-state index in [1.165, 1.54) is 28.8 Å². The summed E-state index contributed by atoms with van der Waals surface area (Å²) in [7, 11) is 0. The molecule has 1 heterocycles. The van der Waals surface area contributed by atoms with Crippen molar-refractivity contribution in [1.29, 1.82) is 0 Å². The summed E-state index contributed by atoms with van der Waals surface area (Å²) in [6.07, 6.45) is -5.38. The fraction of sp³-hybridized carbons (Fsp3) is 0.150. The van der Waals surface area contributed by atoms with Gasteiger partial charge in [-0.3, -0.25) is 9.59 Å². The zero-order valence-corrected chi connectivity index (χ0v) is 15.6. The molecule has 5 nitrogen and oxygen atoms in total. The summed E-state index contributed by atoms with van der Waals surface area (Å²) in [6.45, 7) is 0. The molecule has 0 spiro atoms. The van der Waals surface area contributed by atoms with Crippen molar-refractivity contribution in [2.24, 2.45) is 0 Å². The molecule has 0 aliphatic carbocycles. The SMILES string of the molecule is O=C(O)C[C@H](NC(=O)c1csc(-c2ccccc2)n1)c1ccccc1C(F)(F)F. The second kappa shape index (κ2) is 8.44. The number of hydrogen-bond donors (Lipinski definition) is 2. The molecule has 0 aliphatic heterocycles. The van der Waals surface area contributed by atoms with Gasteiger partial charge in [-0.2, -0.15) is 13.2 Å². The molecule has 9 heteroatoms. The third-order valence-electron chi connectivity index (χ3n) is 4.08. The average Bonchev–Trinajstić information content (AvgIpc) is 3.17. The zero-order chi connectivity index (χ0) is 21.0. The van der Waals surface area contributed by atoms with Crippen LogP contribution in [-0.4, -0.2) is 22.0 Å². The fourth-order valence-electron chi connectivity index (χ4n) is 2.80. The average molecular weight is 420 g/mol. The molecule has 3 aromatic rings. The lowest BCUT2D eigenvalue weighted by atomic mass is 9.97. The number of aromatic nitrogens is 1. The Hall–Kier alpha value is -3.20. The summed E-state index contributed by atoms with van der Waals surface area (Å²) in [5.41, 5.74) is -0.501. The maximum atomic E-state index is 13.3. The molecule has 1 aromatic heterocycles. The number of amides is 1. The topological polar surface area (TPSA) is 79.3 Å². The Kier molecular flexibility index (Phi) is 5.97. The number of carboxylic acid groups (broad SMARTS) is 1. The summed E-state index contributed by atoms with van der Waals surface area (Å²) < 4.78 is 40.0. The lowest BCUT2D eigenvalue weighted by Crippen LogP contribution is -2.32. The van der Waals surface area contributed by atoms with E-state index >= 15 is 0 Å². The van der Waals surface area contributed by atoms with Crippen LogP contribution in [0.25, 0.3) is 10.6 Å². The highest BCUT2D eigenvalue weighted by Gasteiger charge is 2.36. The Labute approximate surface area is 167 Å². The highest BCUT2D eigenvalue weighted by atomic mass is 32.1. The molecule has 0 fully saturated rings. The number of rotatable bonds is 6. The van der Waals surface area contributed by atoms with E-state index in [9.17, 15) is 22.8 Å². The molecule has 0 saturated carbocycles. The molecular weight excluding hydrogens is 405 g/mol. The van der Waals surface area contributed by atoms with Gasteiger partial charge in [0.1, 0.15) is 10.7 Å². The number of alkyl halides is 3. The number of halogens is 3. The van der Waals surface area contributed by atoms with E-state index in [-0.39, 0.29) is 11.3 Å². The first-order valence-electron chi connectivity index (χ1n) is 8.45. The second-order valence-electron chi connectivity index (χ2n) is 6.11. The van der Waals surface area contributed by atoms with Crippen LogP contribution >= 0.6 is 11.3 Å². The second-order valence-corrected chi connectivity index (χ2v) is 6.97. The predicted molar refractivity (Wildman–Crippen MR) is 101 cm³/mol. The highest BCUT2D eigenvalue weighted by molar-refractivity contribution is 7.13. The van der Waals surface area contributed by atoms with E-state index < -0.39 is 36.1 Å². The molecule has 0 radical (unpaired) electrons. The molecule has 0 saturated heterocycles. The minimum atomic E-state index is -4.68. The number of hydrogen-bond acceptors (Lipinski definition) is 4. The summed E-state index contributed by atoms with van der Waals surface area (Å²) in [6, 6.07) is 12.3. The van der Waals surface area contributed by atoms with Crippen LogP contribution in [0, 0.1) is 0 Å². The first-order chi connectivity index (χ1) is 13.8. The van der Waals surface area contributed by atoms with E-state index in [0.717, 1.165) is 17.7 Å².